The van der Waals surface area contributed by atoms with Crippen LogP contribution < -0.4 is 5.32 Å². The van der Waals surface area contributed by atoms with Crippen LogP contribution in [0.25, 0.3) is 0 Å². The maximum absolute atomic E-state index is 12.1. The van der Waals surface area contributed by atoms with Gasteiger partial charge in [0.25, 0.3) is 0 Å². The topological polar surface area (TPSA) is 41.6 Å². The van der Waals surface area contributed by atoms with Gasteiger partial charge in [-0.15, -0.1) is 0 Å². The second kappa shape index (κ2) is 9.30. The van der Waals surface area contributed by atoms with E-state index in [0.717, 1.165) is 24.6 Å². The highest BCUT2D eigenvalue weighted by molar-refractivity contribution is 7.98. The molecule has 1 aromatic carbocycles. The number of hydrogen-bond acceptors (Lipinski definition) is 4. The van der Waals surface area contributed by atoms with Crippen LogP contribution in [0.15, 0.2) is 30.3 Å². The van der Waals surface area contributed by atoms with E-state index in [1.54, 1.807) is 18.9 Å². The Morgan fingerprint density at radius 3 is 2.74 bits per heavy atom. The van der Waals surface area contributed by atoms with E-state index in [9.17, 15) is 4.79 Å². The van der Waals surface area contributed by atoms with Crippen LogP contribution in [0.5, 0.6) is 0 Å². The van der Waals surface area contributed by atoms with Crippen molar-refractivity contribution in [1.29, 1.82) is 0 Å². The number of nitrogens with one attached hydrogen (secondary N) is 1. The van der Waals surface area contributed by atoms with Crippen LogP contribution in [0.4, 0.5) is 0 Å². The van der Waals surface area contributed by atoms with Crippen LogP contribution in [-0.2, 0) is 15.3 Å². The molecule has 1 aromatic rings. The molecular weight excluding hydrogens is 308 g/mol. The van der Waals surface area contributed by atoms with Crippen LogP contribution in [0, 0.1) is 0 Å². The average molecular weight is 337 g/mol. The molecule has 1 fully saturated rings. The molecule has 0 aromatic heterocycles. The first-order valence-corrected chi connectivity index (χ1v) is 9.43. The minimum absolute atomic E-state index is 0.0957. The van der Waals surface area contributed by atoms with Gasteiger partial charge in [0.1, 0.15) is 0 Å². The average Bonchev–Trinajstić information content (AvgIpc) is 2.96. The lowest BCUT2D eigenvalue weighted by Gasteiger charge is -2.20. The Morgan fingerprint density at radius 1 is 1.35 bits per heavy atom. The van der Waals surface area contributed by atoms with E-state index in [1.807, 2.05) is 18.2 Å². The molecule has 1 aliphatic heterocycles. The van der Waals surface area contributed by atoms with Crippen molar-refractivity contribution in [3.05, 3.63) is 35.9 Å². The first-order chi connectivity index (χ1) is 11.1. The molecule has 1 amide bonds. The molecule has 0 radical (unpaired) electrons. The summed E-state index contributed by atoms with van der Waals surface area (Å²) < 4.78 is 5.53. The molecule has 0 bridgehead atoms. The van der Waals surface area contributed by atoms with Gasteiger partial charge in [0, 0.05) is 44.2 Å². The predicted octanol–water partition coefficient (Wildman–Crippen LogP) is 2.53. The van der Waals surface area contributed by atoms with Crippen molar-refractivity contribution >= 4 is 17.7 Å². The molecule has 1 saturated heterocycles. The summed E-state index contributed by atoms with van der Waals surface area (Å²) in [6, 6.07) is 11.0. The Labute approximate surface area is 144 Å². The fraction of sp³-hybridized carbons (Fsp3) is 0.611. The highest BCUT2D eigenvalue weighted by atomic mass is 32.2. The summed E-state index contributed by atoms with van der Waals surface area (Å²) in [5.41, 5.74) is 1.31. The number of nitrogens with zero attached hydrogens (tertiary/aromatic N) is 1. The molecule has 1 heterocycles. The van der Waals surface area contributed by atoms with Crippen molar-refractivity contribution in [2.45, 2.75) is 44.2 Å². The minimum Gasteiger partial charge on any atom is -0.378 e. The van der Waals surface area contributed by atoms with Gasteiger partial charge >= 0.3 is 0 Å². The monoisotopic (exact) mass is 336 g/mol. The molecule has 128 valence electrons. The largest absolute Gasteiger partial charge is 0.378 e. The van der Waals surface area contributed by atoms with Crippen LogP contribution >= 0.6 is 11.8 Å². The number of rotatable bonds is 8. The van der Waals surface area contributed by atoms with Crippen molar-refractivity contribution in [3.63, 3.8) is 0 Å². The zero-order chi connectivity index (χ0) is 16.7. The molecule has 0 aliphatic carbocycles. The van der Waals surface area contributed by atoms with Gasteiger partial charge in [-0.25, -0.2) is 0 Å². The van der Waals surface area contributed by atoms with Gasteiger partial charge in [0.15, 0.2) is 0 Å². The third kappa shape index (κ3) is 5.83. The molecular formula is C18H28N2O2S. The zero-order valence-corrected chi connectivity index (χ0v) is 15.1. The summed E-state index contributed by atoms with van der Waals surface area (Å²) in [6.07, 6.45) is 0.657. The van der Waals surface area contributed by atoms with Gasteiger partial charge in [-0.05, 0) is 19.4 Å². The third-order valence-corrected chi connectivity index (χ3v) is 5.29. The van der Waals surface area contributed by atoms with Crippen molar-refractivity contribution in [2.24, 2.45) is 0 Å². The van der Waals surface area contributed by atoms with Gasteiger partial charge in [-0.3, -0.25) is 9.69 Å². The first kappa shape index (κ1) is 18.3. The van der Waals surface area contributed by atoms with E-state index in [0.29, 0.717) is 12.5 Å². The Balaban J connectivity index is 1.68. The van der Waals surface area contributed by atoms with Crippen LogP contribution in [0.1, 0.15) is 25.8 Å². The molecule has 2 rings (SSSR count). The molecule has 0 unspecified atom stereocenters. The summed E-state index contributed by atoms with van der Waals surface area (Å²) in [4.78, 5) is 14.5. The zero-order valence-electron chi connectivity index (χ0n) is 14.3. The lowest BCUT2D eigenvalue weighted by atomic mass is 10.2. The summed E-state index contributed by atoms with van der Waals surface area (Å²) in [5.74, 6) is 1.93. The Morgan fingerprint density at radius 2 is 2.09 bits per heavy atom. The molecule has 1 aliphatic rings. The fourth-order valence-electron chi connectivity index (χ4n) is 2.81. The lowest BCUT2D eigenvalue weighted by Crippen LogP contribution is -2.43. The third-order valence-electron chi connectivity index (χ3n) is 4.26. The molecule has 2 atom stereocenters. The van der Waals surface area contributed by atoms with E-state index in [2.05, 4.69) is 36.2 Å². The van der Waals surface area contributed by atoms with Crippen LogP contribution in [0.2, 0.25) is 0 Å². The fourth-order valence-corrected chi connectivity index (χ4v) is 3.71. The number of benzene rings is 1. The Hall–Kier alpha value is -1.04. The van der Waals surface area contributed by atoms with E-state index in [1.165, 1.54) is 5.56 Å². The van der Waals surface area contributed by atoms with Gasteiger partial charge in [0.2, 0.25) is 5.91 Å². The van der Waals surface area contributed by atoms with Crippen LogP contribution in [-0.4, -0.2) is 54.9 Å². The summed E-state index contributed by atoms with van der Waals surface area (Å²) in [7, 11) is 1.73. The number of hydrogen-bond donors (Lipinski definition) is 1. The number of likely N-dealkylation sites (tertiary alicyclic amines) is 1. The molecule has 0 saturated carbocycles. The summed E-state index contributed by atoms with van der Waals surface area (Å²) in [5, 5.41) is 3.14. The number of carbonyl (C=O) groups excluding carboxylic acids is 1. The van der Waals surface area contributed by atoms with Crippen molar-refractivity contribution in [3.8, 4) is 0 Å². The number of amides is 1. The van der Waals surface area contributed by atoms with E-state index in [4.69, 9.17) is 4.74 Å². The van der Waals surface area contributed by atoms with E-state index < -0.39 is 0 Å². The Kier molecular flexibility index (Phi) is 7.40. The SMILES string of the molecule is CO[C@@H]1CN(C(C)C)C[C@H]1NC(=O)CCSCc1ccccc1. The first-order valence-electron chi connectivity index (χ1n) is 8.28. The smallest absolute Gasteiger partial charge is 0.221 e. The molecule has 23 heavy (non-hydrogen) atoms. The quantitative estimate of drug-likeness (QED) is 0.741. The van der Waals surface area contributed by atoms with Crippen molar-refractivity contribution in [2.75, 3.05) is 26.0 Å². The van der Waals surface area contributed by atoms with Gasteiger partial charge in [-0.1, -0.05) is 30.3 Å². The second-order valence-electron chi connectivity index (χ2n) is 6.28. The van der Waals surface area contributed by atoms with E-state index >= 15 is 0 Å². The van der Waals surface area contributed by atoms with Crippen molar-refractivity contribution < 1.29 is 9.53 Å². The van der Waals surface area contributed by atoms with Crippen LogP contribution in [0.3, 0.4) is 0 Å². The Bertz CT molecular complexity index is 481. The predicted molar refractivity (Wildman–Crippen MR) is 96.7 cm³/mol. The second-order valence-corrected chi connectivity index (χ2v) is 7.39. The van der Waals surface area contributed by atoms with E-state index in [-0.39, 0.29) is 18.1 Å². The van der Waals surface area contributed by atoms with Crippen molar-refractivity contribution in [1.82, 2.24) is 10.2 Å². The van der Waals surface area contributed by atoms with Gasteiger partial charge < -0.3 is 10.1 Å². The van der Waals surface area contributed by atoms with Gasteiger partial charge in [-0.2, -0.15) is 11.8 Å². The highest BCUT2D eigenvalue weighted by Crippen LogP contribution is 2.17. The highest BCUT2D eigenvalue weighted by Gasteiger charge is 2.34. The van der Waals surface area contributed by atoms with Gasteiger partial charge in [0.05, 0.1) is 12.1 Å². The summed E-state index contributed by atoms with van der Waals surface area (Å²) >= 11 is 1.80. The number of ether oxygens (including phenoxy) is 1. The summed E-state index contributed by atoms with van der Waals surface area (Å²) in [6.45, 7) is 6.12. The number of methoxy groups -OCH3 is 1. The maximum Gasteiger partial charge on any atom is 0.221 e. The molecule has 0 spiro atoms. The normalized spacial score (nSPS) is 21.7. The lowest BCUT2D eigenvalue weighted by molar-refractivity contribution is -0.122. The molecule has 1 N–H and O–H groups in total. The number of thioether (sulfide) groups is 1. The maximum atomic E-state index is 12.1. The molecule has 4 nitrogen and oxygen atoms in total. The minimum atomic E-state index is 0.0957. The molecule has 5 heteroatoms. The number of carbonyl (C=O) groups is 1. The standard InChI is InChI=1S/C18H28N2O2S/c1-14(2)20-11-16(17(12-20)22-3)19-18(21)9-10-23-13-15-7-5-4-6-8-15/h4-8,14,16-17H,9-13H2,1-3H3,(H,19,21)/t16-,17-/m1/s1.